The summed E-state index contributed by atoms with van der Waals surface area (Å²) in [4.78, 5) is 17.4. The second-order valence-electron chi connectivity index (χ2n) is 5.25. The van der Waals surface area contributed by atoms with Crippen molar-refractivity contribution in [1.29, 1.82) is 0 Å². The number of hydrogen-bond donors (Lipinski definition) is 1. The van der Waals surface area contributed by atoms with Gasteiger partial charge in [0.15, 0.2) is 0 Å². The van der Waals surface area contributed by atoms with E-state index in [1.54, 1.807) is 19.1 Å². The Balaban J connectivity index is 1.85. The highest BCUT2D eigenvalue weighted by molar-refractivity contribution is 5.99. The van der Waals surface area contributed by atoms with Crippen LogP contribution in [0.3, 0.4) is 0 Å². The molecule has 0 unspecified atom stereocenters. The third-order valence-corrected chi connectivity index (χ3v) is 3.68. The number of carbonyl (C=O) groups excluding carboxylic acids is 1. The molecule has 0 saturated heterocycles. The van der Waals surface area contributed by atoms with Gasteiger partial charge in [0.25, 0.3) is 5.91 Å². The molecule has 0 saturated carbocycles. The van der Waals surface area contributed by atoms with Gasteiger partial charge in [-0.1, -0.05) is 36.4 Å². The minimum absolute atomic E-state index is 0.0397. The van der Waals surface area contributed by atoms with Gasteiger partial charge in [-0.3, -0.25) is 4.79 Å². The van der Waals surface area contributed by atoms with Crippen molar-refractivity contribution in [1.82, 2.24) is 9.88 Å². The SMILES string of the molecule is COc1cccc2[nH]c(C(=O)N(C)Cc3ccccc3)cc12. The third-order valence-electron chi connectivity index (χ3n) is 3.68. The number of nitrogens with one attached hydrogen (secondary N) is 1. The van der Waals surface area contributed by atoms with Crippen molar-refractivity contribution in [3.05, 3.63) is 65.9 Å². The molecule has 22 heavy (non-hydrogen) atoms. The molecule has 0 radical (unpaired) electrons. The Bertz CT molecular complexity index is 793. The van der Waals surface area contributed by atoms with Crippen LogP contribution in [0, 0.1) is 0 Å². The number of methoxy groups -OCH3 is 1. The maximum atomic E-state index is 12.6. The van der Waals surface area contributed by atoms with Crippen LogP contribution in [0.25, 0.3) is 10.9 Å². The van der Waals surface area contributed by atoms with Gasteiger partial charge < -0.3 is 14.6 Å². The Labute approximate surface area is 129 Å². The second-order valence-corrected chi connectivity index (χ2v) is 5.25. The summed E-state index contributed by atoms with van der Waals surface area (Å²) in [6, 6.07) is 17.5. The van der Waals surface area contributed by atoms with Crippen LogP contribution in [0.2, 0.25) is 0 Å². The Morgan fingerprint density at radius 2 is 1.91 bits per heavy atom. The van der Waals surface area contributed by atoms with E-state index < -0.39 is 0 Å². The van der Waals surface area contributed by atoms with Crippen LogP contribution < -0.4 is 4.74 Å². The lowest BCUT2D eigenvalue weighted by Gasteiger charge is -2.16. The highest BCUT2D eigenvalue weighted by Crippen LogP contribution is 2.26. The fraction of sp³-hybridized carbons (Fsp3) is 0.167. The Morgan fingerprint density at radius 3 is 2.64 bits per heavy atom. The fourth-order valence-electron chi connectivity index (χ4n) is 2.56. The molecule has 0 spiro atoms. The van der Waals surface area contributed by atoms with Gasteiger partial charge >= 0.3 is 0 Å². The van der Waals surface area contributed by atoms with Crippen molar-refractivity contribution in [2.75, 3.05) is 14.2 Å². The molecule has 0 aliphatic carbocycles. The number of carbonyl (C=O) groups is 1. The number of nitrogens with zero attached hydrogens (tertiary/aromatic N) is 1. The van der Waals surface area contributed by atoms with E-state index in [4.69, 9.17) is 4.74 Å². The zero-order valence-electron chi connectivity index (χ0n) is 12.7. The number of aromatic amines is 1. The van der Waals surface area contributed by atoms with Gasteiger partial charge in [0, 0.05) is 24.5 Å². The van der Waals surface area contributed by atoms with Crippen molar-refractivity contribution in [3.8, 4) is 5.75 Å². The molecule has 0 fully saturated rings. The van der Waals surface area contributed by atoms with E-state index in [9.17, 15) is 4.79 Å². The molecular formula is C18H18N2O2. The van der Waals surface area contributed by atoms with E-state index in [1.165, 1.54) is 0 Å². The molecule has 0 bridgehead atoms. The summed E-state index contributed by atoms with van der Waals surface area (Å²) in [5.74, 6) is 0.723. The van der Waals surface area contributed by atoms with E-state index in [0.717, 1.165) is 22.2 Å². The predicted molar refractivity (Wildman–Crippen MR) is 87.1 cm³/mol. The minimum atomic E-state index is -0.0397. The lowest BCUT2D eigenvalue weighted by molar-refractivity contribution is 0.0780. The van der Waals surface area contributed by atoms with Crippen LogP contribution in [-0.2, 0) is 6.54 Å². The van der Waals surface area contributed by atoms with Crippen LogP contribution >= 0.6 is 0 Å². The number of amides is 1. The quantitative estimate of drug-likeness (QED) is 0.801. The van der Waals surface area contributed by atoms with E-state index in [0.29, 0.717) is 12.2 Å². The summed E-state index contributed by atoms with van der Waals surface area (Å²) in [6.07, 6.45) is 0. The first kappa shape index (κ1) is 14.2. The molecule has 112 valence electrons. The van der Waals surface area contributed by atoms with E-state index in [-0.39, 0.29) is 5.91 Å². The zero-order chi connectivity index (χ0) is 15.5. The van der Waals surface area contributed by atoms with Crippen molar-refractivity contribution >= 4 is 16.8 Å². The summed E-state index contributed by atoms with van der Waals surface area (Å²) < 4.78 is 5.33. The number of hydrogen-bond acceptors (Lipinski definition) is 2. The average Bonchev–Trinajstić information content (AvgIpc) is 2.99. The zero-order valence-corrected chi connectivity index (χ0v) is 12.7. The lowest BCUT2D eigenvalue weighted by Crippen LogP contribution is -2.26. The molecule has 0 aliphatic rings. The van der Waals surface area contributed by atoms with Crippen LogP contribution in [0.1, 0.15) is 16.1 Å². The molecule has 4 nitrogen and oxygen atoms in total. The summed E-state index contributed by atoms with van der Waals surface area (Å²) in [5, 5.41) is 0.918. The first-order valence-corrected chi connectivity index (χ1v) is 7.14. The molecule has 0 aliphatic heterocycles. The van der Waals surface area contributed by atoms with Gasteiger partial charge in [0.1, 0.15) is 11.4 Å². The number of rotatable bonds is 4. The maximum absolute atomic E-state index is 12.6. The van der Waals surface area contributed by atoms with Gasteiger partial charge in [-0.25, -0.2) is 0 Å². The largest absolute Gasteiger partial charge is 0.496 e. The van der Waals surface area contributed by atoms with Crippen molar-refractivity contribution in [3.63, 3.8) is 0 Å². The Kier molecular flexibility index (Phi) is 3.83. The molecule has 1 aromatic heterocycles. The van der Waals surface area contributed by atoms with Crippen LogP contribution in [-0.4, -0.2) is 29.9 Å². The van der Waals surface area contributed by atoms with Crippen molar-refractivity contribution in [2.45, 2.75) is 6.54 Å². The first-order valence-electron chi connectivity index (χ1n) is 7.14. The molecule has 4 heteroatoms. The molecule has 3 aromatic rings. The summed E-state index contributed by atoms with van der Waals surface area (Å²) in [6.45, 7) is 0.576. The Hall–Kier alpha value is -2.75. The number of ether oxygens (including phenoxy) is 1. The number of aromatic nitrogens is 1. The minimum Gasteiger partial charge on any atom is -0.496 e. The van der Waals surface area contributed by atoms with Gasteiger partial charge in [-0.05, 0) is 23.8 Å². The highest BCUT2D eigenvalue weighted by atomic mass is 16.5. The monoisotopic (exact) mass is 294 g/mol. The summed E-state index contributed by atoms with van der Waals surface area (Å²) in [5.41, 5.74) is 2.57. The molecule has 0 atom stereocenters. The van der Waals surface area contributed by atoms with Gasteiger partial charge in [0.05, 0.1) is 7.11 Å². The maximum Gasteiger partial charge on any atom is 0.270 e. The molecule has 1 heterocycles. The van der Waals surface area contributed by atoms with E-state index in [2.05, 4.69) is 4.98 Å². The Morgan fingerprint density at radius 1 is 1.14 bits per heavy atom. The normalized spacial score (nSPS) is 10.6. The average molecular weight is 294 g/mol. The highest BCUT2D eigenvalue weighted by Gasteiger charge is 2.16. The van der Waals surface area contributed by atoms with Gasteiger partial charge in [-0.15, -0.1) is 0 Å². The molecule has 2 aromatic carbocycles. The van der Waals surface area contributed by atoms with Gasteiger partial charge in [-0.2, -0.15) is 0 Å². The predicted octanol–water partition coefficient (Wildman–Crippen LogP) is 3.45. The number of fused-ring (bicyclic) bond motifs is 1. The topological polar surface area (TPSA) is 45.3 Å². The van der Waals surface area contributed by atoms with Crippen molar-refractivity contribution < 1.29 is 9.53 Å². The van der Waals surface area contributed by atoms with Crippen LogP contribution in [0.5, 0.6) is 5.75 Å². The molecule has 3 rings (SSSR count). The summed E-state index contributed by atoms with van der Waals surface area (Å²) >= 11 is 0. The fourth-order valence-corrected chi connectivity index (χ4v) is 2.56. The lowest BCUT2D eigenvalue weighted by atomic mass is 10.2. The van der Waals surface area contributed by atoms with Crippen LogP contribution in [0.4, 0.5) is 0 Å². The smallest absolute Gasteiger partial charge is 0.270 e. The van der Waals surface area contributed by atoms with Gasteiger partial charge in [0.2, 0.25) is 0 Å². The standard InChI is InChI=1S/C18H18N2O2/c1-20(12-13-7-4-3-5-8-13)18(21)16-11-14-15(19-16)9-6-10-17(14)22-2/h3-11,19H,12H2,1-2H3. The molecular weight excluding hydrogens is 276 g/mol. The van der Waals surface area contributed by atoms with Crippen molar-refractivity contribution in [2.24, 2.45) is 0 Å². The van der Waals surface area contributed by atoms with Crippen LogP contribution in [0.15, 0.2) is 54.6 Å². The first-order chi connectivity index (χ1) is 10.7. The number of H-pyrrole nitrogens is 1. The summed E-state index contributed by atoms with van der Waals surface area (Å²) in [7, 11) is 3.43. The number of benzene rings is 2. The van der Waals surface area contributed by atoms with E-state index in [1.807, 2.05) is 54.6 Å². The molecule has 1 amide bonds. The third kappa shape index (κ3) is 2.68. The second kappa shape index (κ2) is 5.93. The van der Waals surface area contributed by atoms with E-state index >= 15 is 0 Å². The molecule has 1 N–H and O–H groups in total.